The van der Waals surface area contributed by atoms with E-state index in [9.17, 15) is 14.4 Å². The molecule has 0 saturated heterocycles. The number of nitrogens with zero attached hydrogens (tertiary/aromatic N) is 3. The van der Waals surface area contributed by atoms with Crippen LogP contribution in [0, 0.1) is 6.92 Å². The van der Waals surface area contributed by atoms with Gasteiger partial charge in [-0.05, 0) is 61.7 Å². The Labute approximate surface area is 194 Å². The molecule has 164 valence electrons. The van der Waals surface area contributed by atoms with Crippen molar-refractivity contribution < 1.29 is 9.59 Å². The molecular weight excluding hydrogens is 472 g/mol. The van der Waals surface area contributed by atoms with Gasteiger partial charge in [0.1, 0.15) is 5.69 Å². The highest BCUT2D eigenvalue weighted by Crippen LogP contribution is 2.32. The zero-order chi connectivity index (χ0) is 22.8. The average molecular weight is 495 g/mol. The number of nitrogens with one attached hydrogen (secondary N) is 1. The van der Waals surface area contributed by atoms with E-state index < -0.39 is 0 Å². The smallest absolute Gasteiger partial charge is 0.278 e. The molecule has 3 aromatic rings. The van der Waals surface area contributed by atoms with E-state index >= 15 is 0 Å². The maximum Gasteiger partial charge on any atom is 0.278 e. The van der Waals surface area contributed by atoms with E-state index in [0.29, 0.717) is 5.69 Å². The number of carbonyl (C=O) groups is 2. The van der Waals surface area contributed by atoms with Gasteiger partial charge in [0.15, 0.2) is 0 Å². The zero-order valence-electron chi connectivity index (χ0n) is 17.8. The van der Waals surface area contributed by atoms with Gasteiger partial charge in [-0.2, -0.15) is 5.10 Å². The predicted octanol–water partition coefficient (Wildman–Crippen LogP) is 3.93. The number of aryl methyl sites for hydroxylation is 2. The predicted molar refractivity (Wildman–Crippen MR) is 127 cm³/mol. The monoisotopic (exact) mass is 494 g/mol. The van der Waals surface area contributed by atoms with Crippen molar-refractivity contribution in [2.45, 2.75) is 39.3 Å². The first-order valence-corrected chi connectivity index (χ1v) is 11.2. The van der Waals surface area contributed by atoms with Crippen molar-refractivity contribution in [2.75, 3.05) is 10.2 Å². The maximum atomic E-state index is 13.2. The van der Waals surface area contributed by atoms with Crippen LogP contribution in [0.25, 0.3) is 0 Å². The lowest BCUT2D eigenvalue weighted by Gasteiger charge is -2.22. The molecule has 1 aromatic heterocycles. The summed E-state index contributed by atoms with van der Waals surface area (Å²) in [7, 11) is 0. The van der Waals surface area contributed by atoms with Gasteiger partial charge in [-0.1, -0.05) is 34.1 Å². The molecule has 0 bridgehead atoms. The number of halogens is 1. The molecule has 0 saturated carbocycles. The number of hydrogen-bond acceptors (Lipinski definition) is 4. The number of benzene rings is 2. The van der Waals surface area contributed by atoms with Gasteiger partial charge >= 0.3 is 0 Å². The summed E-state index contributed by atoms with van der Waals surface area (Å²) in [5.41, 5.74) is 3.49. The highest BCUT2D eigenvalue weighted by Gasteiger charge is 2.32. The number of para-hydroxylation sites is 1. The summed E-state index contributed by atoms with van der Waals surface area (Å²) in [6.07, 6.45) is 0.833. The summed E-state index contributed by atoms with van der Waals surface area (Å²) in [6, 6.07) is 16.1. The minimum absolute atomic E-state index is 0.00206. The second-order valence-electron chi connectivity index (χ2n) is 7.90. The van der Waals surface area contributed by atoms with Crippen molar-refractivity contribution >= 4 is 39.1 Å². The minimum atomic E-state index is -0.358. The van der Waals surface area contributed by atoms with Gasteiger partial charge in [0, 0.05) is 34.4 Å². The number of rotatable bonds is 5. The molecule has 0 unspecified atom stereocenters. The molecule has 0 aliphatic carbocycles. The molecule has 0 fully saturated rings. The number of amides is 2. The van der Waals surface area contributed by atoms with Crippen LogP contribution in [-0.2, 0) is 17.8 Å². The van der Waals surface area contributed by atoms with Crippen LogP contribution in [0.4, 0.5) is 11.4 Å². The quantitative estimate of drug-likeness (QED) is 0.582. The Morgan fingerprint density at radius 1 is 1.16 bits per heavy atom. The van der Waals surface area contributed by atoms with Crippen molar-refractivity contribution in [3.05, 3.63) is 86.2 Å². The molecule has 1 aliphatic heterocycles. The zero-order valence-corrected chi connectivity index (χ0v) is 19.4. The molecule has 1 aliphatic rings. The molecule has 2 amide bonds. The summed E-state index contributed by atoms with van der Waals surface area (Å²) in [5.74, 6) is -0.495. The van der Waals surface area contributed by atoms with Crippen LogP contribution in [0.15, 0.2) is 63.9 Å². The van der Waals surface area contributed by atoms with E-state index in [1.807, 2.05) is 50.2 Å². The summed E-state index contributed by atoms with van der Waals surface area (Å²) in [4.78, 5) is 39.5. The normalized spacial score (nSPS) is 14.8. The molecular formula is C24H23BrN4O3. The molecule has 32 heavy (non-hydrogen) atoms. The van der Waals surface area contributed by atoms with Crippen molar-refractivity contribution in [1.82, 2.24) is 9.78 Å². The van der Waals surface area contributed by atoms with Crippen LogP contribution < -0.4 is 15.8 Å². The Morgan fingerprint density at radius 2 is 1.94 bits per heavy atom. The van der Waals surface area contributed by atoms with Gasteiger partial charge in [-0.3, -0.25) is 14.4 Å². The first-order valence-electron chi connectivity index (χ1n) is 10.4. The number of carbonyl (C=O) groups excluding carboxylic acids is 2. The van der Waals surface area contributed by atoms with E-state index in [0.717, 1.165) is 27.7 Å². The summed E-state index contributed by atoms with van der Waals surface area (Å²) >= 11 is 3.43. The first kappa shape index (κ1) is 22.0. The summed E-state index contributed by atoms with van der Waals surface area (Å²) in [5, 5.41) is 7.08. The Balaban J connectivity index is 1.47. The fourth-order valence-electron chi connectivity index (χ4n) is 3.87. The number of aromatic nitrogens is 2. The van der Waals surface area contributed by atoms with E-state index in [1.54, 1.807) is 11.0 Å². The molecule has 2 heterocycles. The van der Waals surface area contributed by atoms with Crippen molar-refractivity contribution in [3.63, 3.8) is 0 Å². The second-order valence-corrected chi connectivity index (χ2v) is 8.75. The van der Waals surface area contributed by atoms with Crippen molar-refractivity contribution in [2.24, 2.45) is 0 Å². The SMILES string of the molecule is Cc1cc(NC(=O)CCn2nc(C(=O)N3c4ccccc4C[C@@H]3C)ccc2=O)ccc1Br. The van der Waals surface area contributed by atoms with E-state index in [-0.39, 0.29) is 42.1 Å². The third kappa shape index (κ3) is 4.50. The minimum Gasteiger partial charge on any atom is -0.326 e. The Morgan fingerprint density at radius 3 is 2.72 bits per heavy atom. The number of anilines is 2. The third-order valence-corrected chi connectivity index (χ3v) is 6.39. The fraction of sp³-hybridized carbons (Fsp3) is 0.250. The summed E-state index contributed by atoms with van der Waals surface area (Å²) < 4.78 is 2.13. The van der Waals surface area contributed by atoms with Crippen LogP contribution in [0.3, 0.4) is 0 Å². The molecule has 7 nitrogen and oxygen atoms in total. The van der Waals surface area contributed by atoms with Gasteiger partial charge in [0.25, 0.3) is 11.5 Å². The second kappa shape index (κ2) is 9.08. The van der Waals surface area contributed by atoms with E-state index in [4.69, 9.17) is 0 Å². The van der Waals surface area contributed by atoms with Gasteiger partial charge in [0.05, 0.1) is 6.54 Å². The topological polar surface area (TPSA) is 84.3 Å². The average Bonchev–Trinajstić information content (AvgIpc) is 3.11. The molecule has 8 heteroatoms. The lowest BCUT2D eigenvalue weighted by atomic mass is 10.1. The van der Waals surface area contributed by atoms with Gasteiger partial charge in [-0.25, -0.2) is 4.68 Å². The van der Waals surface area contributed by atoms with Gasteiger partial charge < -0.3 is 10.2 Å². The lowest BCUT2D eigenvalue weighted by Crippen LogP contribution is -2.37. The van der Waals surface area contributed by atoms with E-state index in [2.05, 4.69) is 26.3 Å². The largest absolute Gasteiger partial charge is 0.326 e. The van der Waals surface area contributed by atoms with Crippen LogP contribution in [-0.4, -0.2) is 27.6 Å². The standard InChI is InChI=1S/C24H23BrN4O3/c1-15-13-18(7-8-19(15)25)26-22(30)11-12-28-23(31)10-9-20(27-28)24(32)29-16(2)14-17-5-3-4-6-21(17)29/h3-10,13,16H,11-12,14H2,1-2H3,(H,26,30)/t16-/m0/s1. The third-order valence-electron chi connectivity index (χ3n) is 5.50. The molecule has 0 spiro atoms. The molecule has 4 rings (SSSR count). The van der Waals surface area contributed by atoms with Gasteiger partial charge in [0.2, 0.25) is 5.91 Å². The number of fused-ring (bicyclic) bond motifs is 1. The molecule has 1 atom stereocenters. The van der Waals surface area contributed by atoms with Crippen LogP contribution in [0.5, 0.6) is 0 Å². The Kier molecular flexibility index (Phi) is 6.23. The highest BCUT2D eigenvalue weighted by molar-refractivity contribution is 9.10. The van der Waals surface area contributed by atoms with E-state index in [1.165, 1.54) is 16.8 Å². The molecule has 2 aromatic carbocycles. The molecule has 1 N–H and O–H groups in total. The Bertz CT molecular complexity index is 1250. The Hall–Kier alpha value is -3.26. The van der Waals surface area contributed by atoms with Crippen LogP contribution in [0.1, 0.15) is 35.0 Å². The van der Waals surface area contributed by atoms with Crippen LogP contribution in [0.2, 0.25) is 0 Å². The fourth-order valence-corrected chi connectivity index (χ4v) is 4.12. The van der Waals surface area contributed by atoms with Crippen LogP contribution >= 0.6 is 15.9 Å². The first-order chi connectivity index (χ1) is 15.3. The highest BCUT2D eigenvalue weighted by atomic mass is 79.9. The molecule has 0 radical (unpaired) electrons. The lowest BCUT2D eigenvalue weighted by molar-refractivity contribution is -0.116. The summed E-state index contributed by atoms with van der Waals surface area (Å²) in [6.45, 7) is 4.00. The number of hydrogen-bond donors (Lipinski definition) is 1. The van der Waals surface area contributed by atoms with Crippen molar-refractivity contribution in [1.29, 1.82) is 0 Å². The maximum absolute atomic E-state index is 13.2. The van der Waals surface area contributed by atoms with Crippen molar-refractivity contribution in [3.8, 4) is 0 Å². The van der Waals surface area contributed by atoms with Gasteiger partial charge in [-0.15, -0.1) is 0 Å².